The number of anilines is 1. The fourth-order valence-electron chi connectivity index (χ4n) is 3.05. The van der Waals surface area contributed by atoms with Crippen molar-refractivity contribution >= 4 is 24.0 Å². The van der Waals surface area contributed by atoms with Gasteiger partial charge in [-0.2, -0.15) is 0 Å². The molecule has 0 spiro atoms. The SMILES string of the molecule is Cl.O=C(CCN1CCNCC1c1cccc(F)c1)Nc1ccccc1. The van der Waals surface area contributed by atoms with E-state index < -0.39 is 0 Å². The van der Waals surface area contributed by atoms with Crippen molar-refractivity contribution in [3.05, 3.63) is 66.0 Å². The summed E-state index contributed by atoms with van der Waals surface area (Å²) in [5.74, 6) is -0.224. The minimum absolute atomic E-state index is 0. The van der Waals surface area contributed by atoms with Crippen LogP contribution >= 0.6 is 12.4 Å². The Kier molecular flexibility index (Phi) is 7.37. The molecule has 0 aliphatic carbocycles. The second kappa shape index (κ2) is 9.51. The van der Waals surface area contributed by atoms with Gasteiger partial charge in [0, 0.05) is 44.3 Å². The normalized spacial score (nSPS) is 17.6. The van der Waals surface area contributed by atoms with Gasteiger partial charge in [0.15, 0.2) is 0 Å². The first kappa shape index (κ1) is 19.4. The number of benzene rings is 2. The van der Waals surface area contributed by atoms with E-state index in [-0.39, 0.29) is 30.2 Å². The Morgan fingerprint density at radius 1 is 1.20 bits per heavy atom. The first-order chi connectivity index (χ1) is 11.7. The summed E-state index contributed by atoms with van der Waals surface area (Å²) in [7, 11) is 0. The summed E-state index contributed by atoms with van der Waals surface area (Å²) in [6.45, 7) is 3.15. The summed E-state index contributed by atoms with van der Waals surface area (Å²) in [5, 5.41) is 6.25. The largest absolute Gasteiger partial charge is 0.326 e. The quantitative estimate of drug-likeness (QED) is 0.857. The standard InChI is InChI=1S/C19H22FN3O.ClH/c20-16-6-4-5-15(13-16)18-14-21-10-12-23(18)11-9-19(24)22-17-7-2-1-3-8-17;/h1-8,13,18,21H,9-12,14H2,(H,22,24);1H. The monoisotopic (exact) mass is 363 g/mol. The van der Waals surface area contributed by atoms with Crippen molar-refractivity contribution in [1.29, 1.82) is 0 Å². The molecule has 6 heteroatoms. The van der Waals surface area contributed by atoms with E-state index in [1.165, 1.54) is 6.07 Å². The van der Waals surface area contributed by atoms with Crippen molar-refractivity contribution in [3.8, 4) is 0 Å². The molecule has 25 heavy (non-hydrogen) atoms. The van der Waals surface area contributed by atoms with Crippen LogP contribution in [0, 0.1) is 5.82 Å². The fraction of sp³-hybridized carbons (Fsp3) is 0.316. The zero-order chi connectivity index (χ0) is 16.8. The Labute approximate surface area is 153 Å². The third-order valence-corrected chi connectivity index (χ3v) is 4.27. The molecule has 1 amide bonds. The Bertz CT molecular complexity index is 683. The van der Waals surface area contributed by atoms with Crippen molar-refractivity contribution in [3.63, 3.8) is 0 Å². The molecule has 1 aliphatic rings. The van der Waals surface area contributed by atoms with Gasteiger partial charge < -0.3 is 10.6 Å². The molecule has 1 heterocycles. The summed E-state index contributed by atoms with van der Waals surface area (Å²) in [6, 6.07) is 16.3. The Balaban J connectivity index is 0.00000225. The first-order valence-electron chi connectivity index (χ1n) is 8.27. The van der Waals surface area contributed by atoms with Crippen molar-refractivity contribution in [2.75, 3.05) is 31.5 Å². The Morgan fingerprint density at radius 3 is 2.76 bits per heavy atom. The number of piperazine rings is 1. The lowest BCUT2D eigenvalue weighted by Gasteiger charge is -2.36. The second-order valence-corrected chi connectivity index (χ2v) is 5.98. The number of para-hydroxylation sites is 1. The number of nitrogens with one attached hydrogen (secondary N) is 2. The van der Waals surface area contributed by atoms with E-state index in [9.17, 15) is 9.18 Å². The van der Waals surface area contributed by atoms with Crippen molar-refractivity contribution in [2.45, 2.75) is 12.5 Å². The average Bonchev–Trinajstić information content (AvgIpc) is 2.61. The Morgan fingerprint density at radius 2 is 2.00 bits per heavy atom. The lowest BCUT2D eigenvalue weighted by molar-refractivity contribution is -0.116. The molecular formula is C19H23ClFN3O. The van der Waals surface area contributed by atoms with Gasteiger partial charge in [-0.25, -0.2) is 4.39 Å². The number of nitrogens with zero attached hydrogens (tertiary/aromatic N) is 1. The van der Waals surface area contributed by atoms with E-state index in [4.69, 9.17) is 0 Å². The second-order valence-electron chi connectivity index (χ2n) is 5.98. The van der Waals surface area contributed by atoms with E-state index in [2.05, 4.69) is 15.5 Å². The molecule has 1 atom stereocenters. The maximum Gasteiger partial charge on any atom is 0.225 e. The highest BCUT2D eigenvalue weighted by molar-refractivity contribution is 5.90. The van der Waals surface area contributed by atoms with Crippen LogP contribution in [0.1, 0.15) is 18.0 Å². The highest BCUT2D eigenvalue weighted by atomic mass is 35.5. The molecule has 0 radical (unpaired) electrons. The van der Waals surface area contributed by atoms with Crippen LogP contribution in [0.25, 0.3) is 0 Å². The number of carbonyl (C=O) groups excluding carboxylic acids is 1. The van der Waals surface area contributed by atoms with Gasteiger partial charge >= 0.3 is 0 Å². The van der Waals surface area contributed by atoms with E-state index >= 15 is 0 Å². The average molecular weight is 364 g/mol. The van der Waals surface area contributed by atoms with Gasteiger partial charge in [-0.3, -0.25) is 9.69 Å². The Hall–Kier alpha value is -1.95. The van der Waals surface area contributed by atoms with Crippen LogP contribution in [-0.2, 0) is 4.79 Å². The van der Waals surface area contributed by atoms with Gasteiger partial charge in [-0.1, -0.05) is 30.3 Å². The molecule has 1 fully saturated rings. The van der Waals surface area contributed by atoms with Gasteiger partial charge in [0.05, 0.1) is 0 Å². The lowest BCUT2D eigenvalue weighted by atomic mass is 10.0. The van der Waals surface area contributed by atoms with Crippen molar-refractivity contribution in [2.24, 2.45) is 0 Å². The number of carbonyl (C=O) groups is 1. The predicted octanol–water partition coefficient (Wildman–Crippen LogP) is 3.22. The van der Waals surface area contributed by atoms with Gasteiger partial charge in [0.2, 0.25) is 5.91 Å². The lowest BCUT2D eigenvalue weighted by Crippen LogP contribution is -2.46. The number of hydrogen-bond donors (Lipinski definition) is 2. The van der Waals surface area contributed by atoms with E-state index in [0.717, 1.165) is 30.9 Å². The van der Waals surface area contributed by atoms with Crippen LogP contribution in [-0.4, -0.2) is 37.0 Å². The summed E-state index contributed by atoms with van der Waals surface area (Å²) < 4.78 is 13.5. The van der Waals surface area contributed by atoms with Crippen LogP contribution in [0.2, 0.25) is 0 Å². The molecule has 1 unspecified atom stereocenters. The molecule has 2 N–H and O–H groups in total. The zero-order valence-electron chi connectivity index (χ0n) is 14.0. The van der Waals surface area contributed by atoms with Gasteiger partial charge in [-0.15, -0.1) is 12.4 Å². The molecule has 1 saturated heterocycles. The topological polar surface area (TPSA) is 44.4 Å². The molecule has 2 aromatic carbocycles. The smallest absolute Gasteiger partial charge is 0.225 e. The molecule has 1 aliphatic heterocycles. The summed E-state index contributed by atoms with van der Waals surface area (Å²) in [6.07, 6.45) is 0.417. The van der Waals surface area contributed by atoms with Gasteiger partial charge in [0.1, 0.15) is 5.82 Å². The molecule has 134 valence electrons. The van der Waals surface area contributed by atoms with Crippen molar-refractivity contribution in [1.82, 2.24) is 10.2 Å². The minimum atomic E-state index is -0.222. The highest BCUT2D eigenvalue weighted by Gasteiger charge is 2.24. The first-order valence-corrected chi connectivity index (χ1v) is 8.27. The molecular weight excluding hydrogens is 341 g/mol. The third-order valence-electron chi connectivity index (χ3n) is 4.27. The maximum absolute atomic E-state index is 13.5. The van der Waals surface area contributed by atoms with Crippen LogP contribution in [0.15, 0.2) is 54.6 Å². The molecule has 0 aromatic heterocycles. The highest BCUT2D eigenvalue weighted by Crippen LogP contribution is 2.23. The zero-order valence-corrected chi connectivity index (χ0v) is 14.8. The molecule has 0 saturated carbocycles. The van der Waals surface area contributed by atoms with E-state index in [0.29, 0.717) is 13.0 Å². The summed E-state index contributed by atoms with van der Waals surface area (Å²) >= 11 is 0. The number of halogens is 2. The van der Waals surface area contributed by atoms with Crippen LogP contribution in [0.5, 0.6) is 0 Å². The molecule has 0 bridgehead atoms. The van der Waals surface area contributed by atoms with Gasteiger partial charge in [-0.05, 0) is 29.8 Å². The van der Waals surface area contributed by atoms with Gasteiger partial charge in [0.25, 0.3) is 0 Å². The molecule has 4 nitrogen and oxygen atoms in total. The molecule has 3 rings (SSSR count). The third kappa shape index (κ3) is 5.53. The molecule has 2 aromatic rings. The van der Waals surface area contributed by atoms with Crippen LogP contribution in [0.4, 0.5) is 10.1 Å². The number of hydrogen-bond acceptors (Lipinski definition) is 3. The van der Waals surface area contributed by atoms with Crippen LogP contribution in [0.3, 0.4) is 0 Å². The maximum atomic E-state index is 13.5. The fourth-order valence-corrected chi connectivity index (χ4v) is 3.05. The predicted molar refractivity (Wildman–Crippen MR) is 101 cm³/mol. The minimum Gasteiger partial charge on any atom is -0.326 e. The van der Waals surface area contributed by atoms with Crippen LogP contribution < -0.4 is 10.6 Å². The summed E-state index contributed by atoms with van der Waals surface area (Å²) in [4.78, 5) is 14.4. The van der Waals surface area contributed by atoms with E-state index in [1.807, 2.05) is 36.4 Å². The number of amides is 1. The van der Waals surface area contributed by atoms with E-state index in [1.54, 1.807) is 12.1 Å². The van der Waals surface area contributed by atoms with Crippen molar-refractivity contribution < 1.29 is 9.18 Å². The number of rotatable bonds is 5. The summed E-state index contributed by atoms with van der Waals surface area (Å²) in [5.41, 5.74) is 1.76.